The molecular formula is C14H25N3O2S. The topological polar surface area (TPSA) is 45.7 Å². The molecule has 1 rings (SSSR count). The fourth-order valence-corrected chi connectivity index (χ4v) is 2.70. The number of hydrogen-bond donors (Lipinski definition) is 0. The van der Waals surface area contributed by atoms with Gasteiger partial charge in [0.1, 0.15) is 0 Å². The minimum Gasteiger partial charge on any atom is -0.469 e. The van der Waals surface area contributed by atoms with Gasteiger partial charge in [0.2, 0.25) is 0 Å². The Morgan fingerprint density at radius 2 is 2.10 bits per heavy atom. The summed E-state index contributed by atoms with van der Waals surface area (Å²) in [6.45, 7) is 5.17. The lowest BCUT2D eigenvalue weighted by molar-refractivity contribution is -0.140. The molecule has 0 N–H and O–H groups in total. The predicted octanol–water partition coefficient (Wildman–Crippen LogP) is 2.03. The Bertz CT molecular complexity index is 407. The number of likely N-dealkylation sites (N-methyl/N-ethyl adjacent to an activating group) is 1. The zero-order chi connectivity index (χ0) is 15.0. The minimum atomic E-state index is -0.183. The van der Waals surface area contributed by atoms with Crippen molar-refractivity contribution in [1.82, 2.24) is 9.88 Å². The molecule has 0 saturated heterocycles. The monoisotopic (exact) mass is 299 g/mol. The van der Waals surface area contributed by atoms with Crippen molar-refractivity contribution < 1.29 is 9.53 Å². The molecule has 0 aliphatic carbocycles. The molecule has 0 unspecified atom stereocenters. The van der Waals surface area contributed by atoms with Gasteiger partial charge < -0.3 is 14.5 Å². The first-order valence-electron chi connectivity index (χ1n) is 6.97. The Morgan fingerprint density at radius 3 is 2.70 bits per heavy atom. The molecule has 0 aromatic carbocycles. The third kappa shape index (κ3) is 5.88. The van der Waals surface area contributed by atoms with Crippen LogP contribution in [0.4, 0.5) is 5.13 Å². The summed E-state index contributed by atoms with van der Waals surface area (Å²) < 4.78 is 4.65. The zero-order valence-electron chi connectivity index (χ0n) is 12.9. The first kappa shape index (κ1) is 16.9. The van der Waals surface area contributed by atoms with E-state index in [4.69, 9.17) is 0 Å². The van der Waals surface area contributed by atoms with Gasteiger partial charge in [-0.05, 0) is 20.5 Å². The molecule has 1 aromatic heterocycles. The maximum absolute atomic E-state index is 11.1. The van der Waals surface area contributed by atoms with E-state index in [1.165, 1.54) is 7.11 Å². The summed E-state index contributed by atoms with van der Waals surface area (Å²) in [4.78, 5) is 20.3. The van der Waals surface area contributed by atoms with Gasteiger partial charge >= 0.3 is 5.97 Å². The quantitative estimate of drug-likeness (QED) is 0.653. The number of carbonyl (C=O) groups excluding carboxylic acids is 1. The van der Waals surface area contributed by atoms with Gasteiger partial charge in [-0.1, -0.05) is 6.92 Å². The van der Waals surface area contributed by atoms with Crippen molar-refractivity contribution in [3.8, 4) is 0 Å². The Labute approximate surface area is 125 Å². The molecule has 5 nitrogen and oxygen atoms in total. The molecule has 0 amide bonds. The van der Waals surface area contributed by atoms with Crippen molar-refractivity contribution in [2.75, 3.05) is 45.7 Å². The molecular weight excluding hydrogens is 274 g/mol. The molecule has 0 bridgehead atoms. The van der Waals surface area contributed by atoms with E-state index < -0.39 is 0 Å². The maximum atomic E-state index is 11.1. The van der Waals surface area contributed by atoms with E-state index in [0.29, 0.717) is 12.8 Å². The van der Waals surface area contributed by atoms with Gasteiger partial charge in [-0.25, -0.2) is 4.98 Å². The average molecular weight is 299 g/mol. The van der Waals surface area contributed by atoms with Crippen LogP contribution >= 0.6 is 11.3 Å². The molecule has 0 radical (unpaired) electrons. The molecule has 0 spiro atoms. The number of carbonyl (C=O) groups is 1. The van der Waals surface area contributed by atoms with Crippen LogP contribution in [-0.2, 0) is 16.0 Å². The first-order valence-corrected chi connectivity index (χ1v) is 7.85. The van der Waals surface area contributed by atoms with Crippen molar-refractivity contribution in [3.05, 3.63) is 11.1 Å². The highest BCUT2D eigenvalue weighted by atomic mass is 32.1. The summed E-state index contributed by atoms with van der Waals surface area (Å²) in [5.74, 6) is -0.183. The summed E-state index contributed by atoms with van der Waals surface area (Å²) in [5, 5.41) is 3.09. The van der Waals surface area contributed by atoms with Crippen molar-refractivity contribution >= 4 is 22.4 Å². The van der Waals surface area contributed by atoms with Crippen LogP contribution in [0.2, 0.25) is 0 Å². The first-order chi connectivity index (χ1) is 9.56. The largest absolute Gasteiger partial charge is 0.469 e. The van der Waals surface area contributed by atoms with E-state index >= 15 is 0 Å². The molecule has 0 aliphatic rings. The maximum Gasteiger partial charge on any atom is 0.305 e. The number of anilines is 1. The molecule has 1 aromatic rings. The number of rotatable bonds is 9. The lowest BCUT2D eigenvalue weighted by atomic mass is 10.2. The van der Waals surface area contributed by atoms with Gasteiger partial charge in [-0.15, -0.1) is 11.3 Å². The fourth-order valence-electron chi connectivity index (χ4n) is 1.78. The number of methoxy groups -OCH3 is 1. The third-order valence-corrected chi connectivity index (χ3v) is 3.88. The van der Waals surface area contributed by atoms with E-state index in [0.717, 1.165) is 36.9 Å². The molecule has 20 heavy (non-hydrogen) atoms. The summed E-state index contributed by atoms with van der Waals surface area (Å²) in [7, 11) is 5.57. The molecule has 0 atom stereocenters. The predicted molar refractivity (Wildman–Crippen MR) is 83.5 cm³/mol. The summed E-state index contributed by atoms with van der Waals surface area (Å²) in [6.07, 6.45) is 2.15. The van der Waals surface area contributed by atoms with Gasteiger partial charge in [0, 0.05) is 31.4 Å². The number of ether oxygens (including phenoxy) is 1. The van der Waals surface area contributed by atoms with Gasteiger partial charge in [0.15, 0.2) is 5.13 Å². The average Bonchev–Trinajstić information content (AvgIpc) is 2.89. The van der Waals surface area contributed by atoms with Crippen LogP contribution in [-0.4, -0.2) is 56.7 Å². The van der Waals surface area contributed by atoms with Crippen molar-refractivity contribution in [2.45, 2.75) is 26.2 Å². The van der Waals surface area contributed by atoms with Crippen LogP contribution < -0.4 is 4.90 Å². The number of hydrogen-bond acceptors (Lipinski definition) is 6. The number of thiazole rings is 1. The van der Waals surface area contributed by atoms with Gasteiger partial charge in [0.25, 0.3) is 0 Å². The van der Waals surface area contributed by atoms with Crippen LogP contribution in [0.5, 0.6) is 0 Å². The Hall–Kier alpha value is -1.14. The van der Waals surface area contributed by atoms with Crippen LogP contribution in [0.25, 0.3) is 0 Å². The highest BCUT2D eigenvalue weighted by molar-refractivity contribution is 7.13. The normalized spacial score (nSPS) is 10.8. The highest BCUT2D eigenvalue weighted by Crippen LogP contribution is 2.21. The SMILES string of the molecule is CCCN(CCN(C)C)c1nc(CCC(=O)OC)cs1. The number of esters is 1. The van der Waals surface area contributed by atoms with Gasteiger partial charge in [-0.2, -0.15) is 0 Å². The lowest BCUT2D eigenvalue weighted by Gasteiger charge is -2.23. The molecule has 1 heterocycles. The van der Waals surface area contributed by atoms with Crippen molar-refractivity contribution in [3.63, 3.8) is 0 Å². The Morgan fingerprint density at radius 1 is 1.35 bits per heavy atom. The molecule has 0 saturated carbocycles. The summed E-state index contributed by atoms with van der Waals surface area (Å²) in [5.41, 5.74) is 0.973. The fraction of sp³-hybridized carbons (Fsp3) is 0.714. The minimum absolute atomic E-state index is 0.183. The van der Waals surface area contributed by atoms with Crippen LogP contribution in [0, 0.1) is 0 Å². The van der Waals surface area contributed by atoms with Gasteiger partial charge in [-0.3, -0.25) is 4.79 Å². The van der Waals surface area contributed by atoms with Crippen LogP contribution in [0.1, 0.15) is 25.5 Å². The summed E-state index contributed by atoms with van der Waals surface area (Å²) in [6, 6.07) is 0. The molecule has 0 fully saturated rings. The third-order valence-electron chi connectivity index (χ3n) is 2.93. The summed E-state index contributed by atoms with van der Waals surface area (Å²) >= 11 is 1.65. The standard InChI is InChI=1S/C14H25N3O2S/c1-5-8-17(10-9-16(2)3)14-15-12(11-20-14)6-7-13(18)19-4/h11H,5-10H2,1-4H3. The molecule has 0 aliphatic heterocycles. The number of aromatic nitrogens is 1. The Balaban J connectivity index is 2.58. The second kappa shape index (κ2) is 8.92. The van der Waals surface area contributed by atoms with Crippen LogP contribution in [0.3, 0.4) is 0 Å². The zero-order valence-corrected chi connectivity index (χ0v) is 13.7. The van der Waals surface area contributed by atoms with Crippen molar-refractivity contribution in [2.24, 2.45) is 0 Å². The number of aryl methyl sites for hydroxylation is 1. The molecule has 114 valence electrons. The Kier molecular flexibility index (Phi) is 7.54. The number of nitrogens with zero attached hydrogens (tertiary/aromatic N) is 3. The van der Waals surface area contributed by atoms with E-state index in [-0.39, 0.29) is 5.97 Å². The second-order valence-electron chi connectivity index (χ2n) is 4.99. The van der Waals surface area contributed by atoms with Crippen LogP contribution in [0.15, 0.2) is 5.38 Å². The smallest absolute Gasteiger partial charge is 0.305 e. The second-order valence-corrected chi connectivity index (χ2v) is 5.82. The highest BCUT2D eigenvalue weighted by Gasteiger charge is 2.11. The van der Waals surface area contributed by atoms with E-state index in [1.54, 1.807) is 11.3 Å². The van der Waals surface area contributed by atoms with Gasteiger partial charge in [0.05, 0.1) is 19.2 Å². The van der Waals surface area contributed by atoms with E-state index in [9.17, 15) is 4.79 Å². The van der Waals surface area contributed by atoms with E-state index in [2.05, 4.69) is 40.5 Å². The lowest BCUT2D eigenvalue weighted by Crippen LogP contribution is -2.32. The van der Waals surface area contributed by atoms with E-state index in [1.807, 2.05) is 5.38 Å². The molecule has 6 heteroatoms. The van der Waals surface area contributed by atoms with Crippen molar-refractivity contribution in [1.29, 1.82) is 0 Å².